The molecular formula is C17H28N6. The van der Waals surface area contributed by atoms with Crippen LogP contribution in [0.2, 0.25) is 0 Å². The lowest BCUT2D eigenvalue weighted by molar-refractivity contribution is 0.299. The van der Waals surface area contributed by atoms with E-state index in [-0.39, 0.29) is 0 Å². The molecule has 1 saturated heterocycles. The first kappa shape index (κ1) is 16.0. The van der Waals surface area contributed by atoms with Crippen LogP contribution in [0, 0.1) is 18.8 Å². The van der Waals surface area contributed by atoms with Crippen molar-refractivity contribution in [1.82, 2.24) is 25.0 Å². The highest BCUT2D eigenvalue weighted by Gasteiger charge is 2.35. The summed E-state index contributed by atoms with van der Waals surface area (Å²) in [7, 11) is 1.99. The van der Waals surface area contributed by atoms with Crippen LogP contribution in [0.3, 0.4) is 0 Å². The van der Waals surface area contributed by atoms with Gasteiger partial charge in [0.2, 0.25) is 0 Å². The highest BCUT2D eigenvalue weighted by molar-refractivity contribution is 5.80. The molecule has 2 heterocycles. The molecular weight excluding hydrogens is 288 g/mol. The van der Waals surface area contributed by atoms with E-state index in [9.17, 15) is 0 Å². The molecule has 2 fully saturated rings. The van der Waals surface area contributed by atoms with Gasteiger partial charge in [0.15, 0.2) is 11.8 Å². The number of guanidine groups is 1. The number of hydrogen-bond acceptors (Lipinski definition) is 3. The lowest BCUT2D eigenvalue weighted by Gasteiger charge is -2.22. The number of aromatic nitrogens is 3. The van der Waals surface area contributed by atoms with E-state index in [0.717, 1.165) is 49.1 Å². The van der Waals surface area contributed by atoms with Crippen molar-refractivity contribution in [3.05, 3.63) is 24.3 Å². The Bertz CT molecular complexity index is 562. The average Bonchev–Trinajstić information content (AvgIpc) is 3.12. The lowest BCUT2D eigenvalue weighted by atomic mass is 9.82. The molecule has 23 heavy (non-hydrogen) atoms. The van der Waals surface area contributed by atoms with E-state index in [1.165, 1.54) is 25.7 Å². The number of aliphatic imine (C=N–C) groups is 1. The molecule has 1 aliphatic carbocycles. The van der Waals surface area contributed by atoms with Gasteiger partial charge < -0.3 is 14.8 Å². The largest absolute Gasteiger partial charge is 0.353 e. The summed E-state index contributed by atoms with van der Waals surface area (Å²) in [5, 5.41) is 11.7. The van der Waals surface area contributed by atoms with Gasteiger partial charge in [-0.05, 0) is 31.6 Å². The number of fused-ring (bicyclic) bond motifs is 1. The van der Waals surface area contributed by atoms with Crippen molar-refractivity contribution in [2.45, 2.75) is 39.2 Å². The van der Waals surface area contributed by atoms with Gasteiger partial charge in [0.25, 0.3) is 0 Å². The second-order valence-electron chi connectivity index (χ2n) is 6.74. The van der Waals surface area contributed by atoms with Gasteiger partial charge in [-0.15, -0.1) is 16.8 Å². The summed E-state index contributed by atoms with van der Waals surface area (Å²) in [5.41, 5.74) is 0. The maximum absolute atomic E-state index is 4.81. The molecule has 1 N–H and O–H groups in total. The Kier molecular flexibility index (Phi) is 4.98. The van der Waals surface area contributed by atoms with E-state index < -0.39 is 0 Å². The highest BCUT2D eigenvalue weighted by Crippen LogP contribution is 2.35. The summed E-state index contributed by atoms with van der Waals surface area (Å²) >= 11 is 0. The van der Waals surface area contributed by atoms with Crippen LogP contribution < -0.4 is 5.32 Å². The van der Waals surface area contributed by atoms with Crippen molar-refractivity contribution in [2.75, 3.05) is 19.6 Å². The van der Waals surface area contributed by atoms with Crippen molar-refractivity contribution in [2.24, 2.45) is 23.9 Å². The fourth-order valence-electron chi connectivity index (χ4n) is 3.74. The van der Waals surface area contributed by atoms with Crippen LogP contribution in [-0.4, -0.2) is 45.3 Å². The first-order chi connectivity index (χ1) is 11.2. The minimum absolute atomic E-state index is 0.558. The summed E-state index contributed by atoms with van der Waals surface area (Å²) in [6, 6.07) is 0. The number of nitrogens with one attached hydrogen (secondary N) is 1. The van der Waals surface area contributed by atoms with Gasteiger partial charge in [-0.1, -0.05) is 18.9 Å². The molecule has 1 aromatic heterocycles. The summed E-state index contributed by atoms with van der Waals surface area (Å²) in [6.45, 7) is 9.32. The molecule has 1 saturated carbocycles. The summed E-state index contributed by atoms with van der Waals surface area (Å²) < 4.78 is 2.00. The van der Waals surface area contributed by atoms with Crippen molar-refractivity contribution in [3.8, 4) is 0 Å². The predicted molar refractivity (Wildman–Crippen MR) is 92.1 cm³/mol. The zero-order valence-electron chi connectivity index (χ0n) is 14.3. The molecule has 3 rings (SSSR count). The summed E-state index contributed by atoms with van der Waals surface area (Å²) in [5.74, 6) is 4.49. The average molecular weight is 316 g/mol. The molecule has 6 nitrogen and oxygen atoms in total. The third-order valence-electron chi connectivity index (χ3n) is 5.23. The Morgan fingerprint density at radius 2 is 2.00 bits per heavy atom. The topological polar surface area (TPSA) is 58.3 Å². The van der Waals surface area contributed by atoms with Crippen LogP contribution in [0.5, 0.6) is 0 Å². The summed E-state index contributed by atoms with van der Waals surface area (Å²) in [4.78, 5) is 7.23. The molecule has 1 aromatic rings. The maximum atomic E-state index is 4.81. The van der Waals surface area contributed by atoms with E-state index in [4.69, 9.17) is 4.99 Å². The van der Waals surface area contributed by atoms with Gasteiger partial charge >= 0.3 is 0 Å². The van der Waals surface area contributed by atoms with Crippen LogP contribution in [0.15, 0.2) is 17.6 Å². The van der Waals surface area contributed by atoms with Crippen molar-refractivity contribution >= 4 is 5.96 Å². The van der Waals surface area contributed by atoms with Crippen LogP contribution in [-0.2, 0) is 13.6 Å². The second-order valence-corrected chi connectivity index (χ2v) is 6.74. The fraction of sp³-hybridized carbons (Fsp3) is 0.706. The van der Waals surface area contributed by atoms with Crippen LogP contribution in [0.25, 0.3) is 0 Å². The number of likely N-dealkylation sites (tertiary alicyclic amines) is 1. The Morgan fingerprint density at radius 3 is 2.57 bits per heavy atom. The Labute approximate surface area is 138 Å². The minimum Gasteiger partial charge on any atom is -0.353 e. The van der Waals surface area contributed by atoms with Gasteiger partial charge in [0.1, 0.15) is 12.4 Å². The molecule has 2 unspecified atom stereocenters. The van der Waals surface area contributed by atoms with Crippen LogP contribution in [0.1, 0.15) is 37.3 Å². The van der Waals surface area contributed by atoms with E-state index in [0.29, 0.717) is 6.54 Å². The van der Waals surface area contributed by atoms with Gasteiger partial charge in [0, 0.05) is 26.7 Å². The zero-order chi connectivity index (χ0) is 16.2. The smallest absolute Gasteiger partial charge is 0.194 e. The standard InChI is InChI=1S/C17H28N6/c1-4-9-18-17(19-10-16-21-20-13(2)22(16)3)23-11-14-7-5-6-8-15(14)12-23/h4,14-15H,1,5-12H2,2-3H3,(H,18,19). The van der Waals surface area contributed by atoms with E-state index in [2.05, 4.69) is 27.0 Å². The Morgan fingerprint density at radius 1 is 1.30 bits per heavy atom. The molecule has 0 bridgehead atoms. The molecule has 0 aromatic carbocycles. The molecule has 126 valence electrons. The van der Waals surface area contributed by atoms with Crippen molar-refractivity contribution in [3.63, 3.8) is 0 Å². The summed E-state index contributed by atoms with van der Waals surface area (Å²) in [6.07, 6.45) is 7.40. The number of nitrogens with zero attached hydrogens (tertiary/aromatic N) is 5. The van der Waals surface area contributed by atoms with Gasteiger partial charge in [0.05, 0.1) is 0 Å². The van der Waals surface area contributed by atoms with Gasteiger partial charge in [-0.25, -0.2) is 4.99 Å². The first-order valence-electron chi connectivity index (χ1n) is 8.68. The fourth-order valence-corrected chi connectivity index (χ4v) is 3.74. The number of aryl methyl sites for hydroxylation is 1. The molecule has 2 aliphatic rings. The minimum atomic E-state index is 0.558. The first-order valence-corrected chi connectivity index (χ1v) is 8.68. The monoisotopic (exact) mass is 316 g/mol. The van der Waals surface area contributed by atoms with Crippen molar-refractivity contribution < 1.29 is 0 Å². The molecule has 0 spiro atoms. The second kappa shape index (κ2) is 7.15. The normalized spacial score (nSPS) is 24.6. The van der Waals surface area contributed by atoms with Crippen LogP contribution in [0.4, 0.5) is 0 Å². The Hall–Kier alpha value is -1.85. The lowest BCUT2D eigenvalue weighted by Crippen LogP contribution is -2.40. The van der Waals surface area contributed by atoms with E-state index in [1.807, 2.05) is 24.6 Å². The van der Waals surface area contributed by atoms with Gasteiger partial charge in [-0.2, -0.15) is 0 Å². The quantitative estimate of drug-likeness (QED) is 0.523. The molecule has 1 aliphatic heterocycles. The molecule has 2 atom stereocenters. The number of rotatable bonds is 4. The third-order valence-corrected chi connectivity index (χ3v) is 5.23. The third kappa shape index (κ3) is 3.57. The Balaban J connectivity index is 1.70. The maximum Gasteiger partial charge on any atom is 0.194 e. The zero-order valence-corrected chi connectivity index (χ0v) is 14.3. The predicted octanol–water partition coefficient (Wildman–Crippen LogP) is 1.88. The van der Waals surface area contributed by atoms with E-state index >= 15 is 0 Å². The van der Waals surface area contributed by atoms with Crippen molar-refractivity contribution in [1.29, 1.82) is 0 Å². The van der Waals surface area contributed by atoms with Crippen LogP contribution >= 0.6 is 0 Å². The SMILES string of the molecule is C=CCNC(=NCc1nnc(C)n1C)N1CC2CCCCC2C1. The molecule has 6 heteroatoms. The molecule has 0 radical (unpaired) electrons. The highest BCUT2D eigenvalue weighted by atomic mass is 15.3. The van der Waals surface area contributed by atoms with E-state index in [1.54, 1.807) is 0 Å². The molecule has 0 amide bonds. The van der Waals surface area contributed by atoms with Gasteiger partial charge in [-0.3, -0.25) is 0 Å². The number of hydrogen-bond donors (Lipinski definition) is 1.